The van der Waals surface area contributed by atoms with Crippen LogP contribution in [-0.2, 0) is 0 Å². The molecular weight excluding hydrogens is 1040 g/mol. The lowest BCUT2D eigenvalue weighted by molar-refractivity contribution is 1.09. The van der Waals surface area contributed by atoms with Crippen LogP contribution in [0.1, 0.15) is 158 Å². The van der Waals surface area contributed by atoms with E-state index >= 15 is 0 Å². The van der Waals surface area contributed by atoms with Crippen LogP contribution in [0.4, 0.5) is 0 Å². The fourth-order valence-corrected chi connectivity index (χ4v) is 0. The van der Waals surface area contributed by atoms with Gasteiger partial charge in [-0.05, 0) is 0 Å². The van der Waals surface area contributed by atoms with Gasteiger partial charge in [-0.25, -0.2) is 0 Å². The molecular formula is C23H66I6. The molecule has 0 fully saturated rings. The van der Waals surface area contributed by atoms with Gasteiger partial charge in [-0.1, -0.05) is 158 Å². The van der Waals surface area contributed by atoms with Gasteiger partial charge in [-0.3, -0.25) is 0 Å². The van der Waals surface area contributed by atoms with Crippen LogP contribution < -0.4 is 0 Å². The fourth-order valence-electron chi connectivity index (χ4n) is 0. The molecule has 0 aliphatic carbocycles. The lowest BCUT2D eigenvalue weighted by Gasteiger charge is -1.48. The Hall–Kier alpha value is 4.38. The van der Waals surface area contributed by atoms with Gasteiger partial charge >= 0.3 is 0 Å². The molecule has 0 heterocycles. The summed E-state index contributed by atoms with van der Waals surface area (Å²) < 4.78 is 0. The second-order valence-electron chi connectivity index (χ2n) is 2.12. The molecule has 6 heteroatoms. The van der Waals surface area contributed by atoms with Crippen molar-refractivity contribution in [3.05, 3.63) is 0 Å². The van der Waals surface area contributed by atoms with Gasteiger partial charge in [0.2, 0.25) is 0 Å². The smallest absolute Gasteiger partial charge is 0 e. The van der Waals surface area contributed by atoms with Gasteiger partial charge in [0.25, 0.3) is 0 Å². The Morgan fingerprint density at radius 2 is 0.241 bits per heavy atom. The first-order valence-corrected chi connectivity index (χ1v) is 30.5. The highest BCUT2D eigenvalue weighted by Crippen LogP contribution is 1.89. The van der Waals surface area contributed by atoms with E-state index in [9.17, 15) is 0 Å². The summed E-state index contributed by atoms with van der Waals surface area (Å²) in [5.74, 6) is 0. The normalized spacial score (nSPS) is 3.93. The quantitative estimate of drug-likeness (QED) is 0.212. The molecule has 200 valence electrons. The Balaban J connectivity index is -0.00000000874. The maximum atomic E-state index is 2.12. The predicted octanol–water partition coefficient (Wildman–Crippen LogP) is 16.7. The van der Waals surface area contributed by atoms with Gasteiger partial charge in [0.05, 0.1) is 0 Å². The molecule has 29 heavy (non-hydrogen) atoms. The number of hydrogen-bond acceptors (Lipinski definition) is 0. The molecule has 0 amide bonds. The summed E-state index contributed by atoms with van der Waals surface area (Å²) in [4.78, 5) is 0. The van der Waals surface area contributed by atoms with Crippen molar-refractivity contribution in [2.24, 2.45) is 0 Å². The maximum Gasteiger partial charge on any atom is 0 e. The molecule has 0 radical (unpaired) electrons. The maximum absolute atomic E-state index is 2.12. The molecule has 0 nitrogen and oxygen atoms in total. The van der Waals surface area contributed by atoms with Crippen LogP contribution >= 0.6 is 112 Å². The zero-order valence-corrected chi connectivity index (χ0v) is 37.3. The first kappa shape index (κ1) is 84.3. The Morgan fingerprint density at radius 3 is 0.241 bits per heavy atom. The minimum absolute atomic E-state index is 1.25. The van der Waals surface area contributed by atoms with Gasteiger partial charge in [-0.2, -0.15) is 0 Å². The second kappa shape index (κ2) is 585. The van der Waals surface area contributed by atoms with Crippen molar-refractivity contribution in [2.45, 2.75) is 158 Å². The van der Waals surface area contributed by atoms with Gasteiger partial charge in [-0.15, -0.1) is 0 Å². The second-order valence-corrected chi connectivity index (χ2v) is 2.12. The Kier molecular flexibility index (Phi) is 1700. The summed E-state index contributed by atoms with van der Waals surface area (Å²) in [5.41, 5.74) is 0. The molecule has 0 atom stereocenters. The van der Waals surface area contributed by atoms with Crippen molar-refractivity contribution in [3.8, 4) is 0 Å². The molecule has 0 saturated carbocycles. The van der Waals surface area contributed by atoms with E-state index in [1.54, 1.807) is 0 Å². The van der Waals surface area contributed by atoms with E-state index in [0.717, 1.165) is 0 Å². The molecule has 0 aromatic heterocycles. The minimum Gasteiger partial charge on any atom is -0.0683 e. The number of halogens is 6. The Labute approximate surface area is 265 Å². The van der Waals surface area contributed by atoms with Crippen molar-refractivity contribution in [3.63, 3.8) is 0 Å². The molecule has 0 unspecified atom stereocenters. The van der Waals surface area contributed by atoms with E-state index in [4.69, 9.17) is 0 Å². The van der Waals surface area contributed by atoms with Gasteiger partial charge in [0, 0.05) is 112 Å². The van der Waals surface area contributed by atoms with Crippen LogP contribution in [0.5, 0.6) is 0 Å². The SMILES string of the molecule is CC.CC.CC.CC.CC.CC.CC.CCC.CCC.CCC.II.II.II. The largest absolute Gasteiger partial charge is 0.0683 e. The summed E-state index contributed by atoms with van der Waals surface area (Å²) in [5, 5.41) is 0. The Morgan fingerprint density at radius 1 is 0.241 bits per heavy atom. The summed E-state index contributed by atoms with van der Waals surface area (Å²) >= 11 is 12.7. The van der Waals surface area contributed by atoms with Crippen LogP contribution in [0.3, 0.4) is 0 Å². The molecule has 0 rings (SSSR count). The highest BCUT2D eigenvalue weighted by Gasteiger charge is 1.36. The standard InChI is InChI=1S/3C3H8.7C2H6.3I2/c3*1-3-2;10*1-2/h3*3H2,1-2H3;7*1-2H3;;;. The molecule has 0 aromatic carbocycles. The van der Waals surface area contributed by atoms with Crippen LogP contribution in [0.15, 0.2) is 0 Å². The third-order valence-electron chi connectivity index (χ3n) is 0. The van der Waals surface area contributed by atoms with Crippen molar-refractivity contribution in [2.75, 3.05) is 0 Å². The van der Waals surface area contributed by atoms with Crippen molar-refractivity contribution < 1.29 is 0 Å². The molecule has 0 bridgehead atoms. The molecule has 0 saturated heterocycles. The highest BCUT2D eigenvalue weighted by atomic mass is 128. The lowest BCUT2D eigenvalue weighted by atomic mass is 10.6. The molecule has 0 aromatic rings. The minimum atomic E-state index is 1.25. The number of rotatable bonds is 0. The molecule has 0 N–H and O–H groups in total. The van der Waals surface area contributed by atoms with E-state index in [1.165, 1.54) is 19.3 Å². The predicted molar refractivity (Wildman–Crippen MR) is 211 cm³/mol. The molecule has 0 aliphatic heterocycles. The first-order chi connectivity index (χ1) is 14.2. The zero-order valence-electron chi connectivity index (χ0n) is 24.4. The molecule has 0 spiro atoms. The number of hydrogen-bond donors (Lipinski definition) is 0. The third-order valence-corrected chi connectivity index (χ3v) is 0. The third kappa shape index (κ3) is 1560. The zero-order chi connectivity index (χ0) is 28.1. The first-order valence-electron chi connectivity index (χ1n) is 11.7. The average molecular weight is 1100 g/mol. The summed E-state index contributed by atoms with van der Waals surface area (Å²) in [7, 11) is 0. The fraction of sp³-hybridized carbons (Fsp3) is 1.00. The van der Waals surface area contributed by atoms with E-state index in [-0.39, 0.29) is 0 Å². The molecule has 0 aliphatic rings. The monoisotopic (exact) mass is 1100 g/mol. The topological polar surface area (TPSA) is 0 Å². The van der Waals surface area contributed by atoms with Crippen molar-refractivity contribution in [1.29, 1.82) is 0 Å². The van der Waals surface area contributed by atoms with Crippen molar-refractivity contribution >= 4 is 112 Å². The van der Waals surface area contributed by atoms with E-state index in [0.29, 0.717) is 0 Å². The van der Waals surface area contributed by atoms with Gasteiger partial charge in [0.15, 0.2) is 0 Å². The summed E-state index contributed by atoms with van der Waals surface area (Å²) in [6.07, 6.45) is 3.75. The van der Waals surface area contributed by atoms with Crippen LogP contribution in [0.2, 0.25) is 0 Å². The van der Waals surface area contributed by atoms with Crippen LogP contribution in [-0.4, -0.2) is 0 Å². The van der Waals surface area contributed by atoms with Gasteiger partial charge < -0.3 is 0 Å². The average Bonchev–Trinajstić information content (AvgIpc) is 2.88. The summed E-state index contributed by atoms with van der Waals surface area (Å²) in [6, 6.07) is 0. The van der Waals surface area contributed by atoms with Crippen molar-refractivity contribution in [1.82, 2.24) is 0 Å². The van der Waals surface area contributed by atoms with E-state index in [1.807, 2.05) is 96.9 Å². The highest BCUT2D eigenvalue weighted by molar-refractivity contribution is 15.0. The van der Waals surface area contributed by atoms with Crippen LogP contribution in [0.25, 0.3) is 0 Å². The Bertz CT molecular complexity index is 26.1. The van der Waals surface area contributed by atoms with E-state index < -0.39 is 0 Å². The van der Waals surface area contributed by atoms with E-state index in [2.05, 4.69) is 153 Å². The lowest BCUT2D eigenvalue weighted by Crippen LogP contribution is -1.27. The van der Waals surface area contributed by atoms with Gasteiger partial charge in [0.1, 0.15) is 0 Å². The summed E-state index contributed by atoms with van der Waals surface area (Å²) in [6.45, 7) is 40.8. The van der Waals surface area contributed by atoms with Crippen LogP contribution in [0, 0.1) is 0 Å².